The van der Waals surface area contributed by atoms with Gasteiger partial charge in [-0.05, 0) is 69.5 Å². The molecule has 166 valence electrons. The van der Waals surface area contributed by atoms with Crippen molar-refractivity contribution in [3.63, 3.8) is 0 Å². The first kappa shape index (κ1) is 20.7. The summed E-state index contributed by atoms with van der Waals surface area (Å²) in [6.45, 7) is 4.86. The van der Waals surface area contributed by atoms with E-state index >= 15 is 0 Å². The molecule has 2 saturated heterocycles. The van der Waals surface area contributed by atoms with Gasteiger partial charge in [-0.1, -0.05) is 18.2 Å². The summed E-state index contributed by atoms with van der Waals surface area (Å²) in [5.74, 6) is -1.17. The van der Waals surface area contributed by atoms with Gasteiger partial charge in [0.1, 0.15) is 5.54 Å². The fraction of sp³-hybridized carbons (Fsp3) is 0.400. The zero-order chi connectivity index (χ0) is 22.5. The number of anilines is 2. The zero-order valence-electron chi connectivity index (χ0n) is 18.3. The number of aryl methyl sites for hydroxylation is 1. The minimum absolute atomic E-state index is 0.107. The van der Waals surface area contributed by atoms with E-state index in [0.29, 0.717) is 24.3 Å². The summed E-state index contributed by atoms with van der Waals surface area (Å²) < 4.78 is 5.01. The molecule has 0 saturated carbocycles. The van der Waals surface area contributed by atoms with Crippen molar-refractivity contribution in [3.05, 3.63) is 59.2 Å². The fourth-order valence-electron chi connectivity index (χ4n) is 5.73. The lowest BCUT2D eigenvalue weighted by Crippen LogP contribution is -2.53. The van der Waals surface area contributed by atoms with Gasteiger partial charge in [-0.15, -0.1) is 0 Å². The Morgan fingerprint density at radius 2 is 2.00 bits per heavy atom. The molecular formula is C25H27N3O4. The maximum Gasteiger partial charge on any atom is 0.338 e. The molecule has 0 aliphatic carbocycles. The van der Waals surface area contributed by atoms with Crippen LogP contribution in [-0.2, 0) is 19.9 Å². The van der Waals surface area contributed by atoms with Crippen molar-refractivity contribution in [2.24, 2.45) is 5.92 Å². The summed E-state index contributed by atoms with van der Waals surface area (Å²) in [5, 5.41) is 6.07. The van der Waals surface area contributed by atoms with Crippen molar-refractivity contribution in [3.8, 4) is 0 Å². The van der Waals surface area contributed by atoms with Gasteiger partial charge >= 0.3 is 5.97 Å². The van der Waals surface area contributed by atoms with Crippen LogP contribution in [0.15, 0.2) is 42.5 Å². The molecule has 1 spiro atoms. The number of benzene rings is 2. The van der Waals surface area contributed by atoms with E-state index in [9.17, 15) is 14.4 Å². The molecule has 5 rings (SSSR count). The minimum atomic E-state index is -0.975. The highest BCUT2D eigenvalue weighted by Gasteiger charge is 2.65. The predicted molar refractivity (Wildman–Crippen MR) is 120 cm³/mol. The molecule has 2 aromatic rings. The van der Waals surface area contributed by atoms with Crippen LogP contribution >= 0.6 is 0 Å². The lowest BCUT2D eigenvalue weighted by molar-refractivity contribution is -0.135. The third kappa shape index (κ3) is 2.95. The average Bonchev–Trinajstić information content (AvgIpc) is 3.44. The maximum atomic E-state index is 13.6. The molecule has 2 aromatic carbocycles. The monoisotopic (exact) mass is 433 g/mol. The summed E-state index contributed by atoms with van der Waals surface area (Å²) in [6.07, 6.45) is 2.67. The Balaban J connectivity index is 1.47. The van der Waals surface area contributed by atoms with Crippen LogP contribution in [-0.4, -0.2) is 41.9 Å². The van der Waals surface area contributed by atoms with E-state index in [1.807, 2.05) is 25.1 Å². The van der Waals surface area contributed by atoms with Gasteiger partial charge in [-0.25, -0.2) is 4.79 Å². The third-order valence-corrected chi connectivity index (χ3v) is 7.09. The largest absolute Gasteiger partial charge is 0.462 e. The highest BCUT2D eigenvalue weighted by atomic mass is 16.5. The third-order valence-electron chi connectivity index (χ3n) is 7.09. The quantitative estimate of drug-likeness (QED) is 0.722. The zero-order valence-corrected chi connectivity index (χ0v) is 18.3. The number of rotatable bonds is 4. The average molecular weight is 434 g/mol. The normalized spacial score (nSPS) is 26.0. The number of nitrogens with zero attached hydrogens (tertiary/aromatic N) is 1. The number of nitrogens with one attached hydrogen (secondary N) is 2. The number of fused-ring (bicyclic) bond motifs is 4. The van der Waals surface area contributed by atoms with Gasteiger partial charge in [0, 0.05) is 23.0 Å². The van der Waals surface area contributed by atoms with Crippen LogP contribution in [0, 0.1) is 12.8 Å². The van der Waals surface area contributed by atoms with E-state index in [4.69, 9.17) is 4.74 Å². The number of carbonyl (C=O) groups is 3. The minimum Gasteiger partial charge on any atom is -0.462 e. The van der Waals surface area contributed by atoms with Gasteiger partial charge in [-0.3, -0.25) is 14.5 Å². The summed E-state index contributed by atoms with van der Waals surface area (Å²) in [5.41, 5.74) is 2.79. The Hall–Kier alpha value is -3.19. The van der Waals surface area contributed by atoms with Crippen molar-refractivity contribution < 1.29 is 19.1 Å². The molecule has 2 amide bonds. The molecule has 3 atom stereocenters. The van der Waals surface area contributed by atoms with E-state index < -0.39 is 17.4 Å². The van der Waals surface area contributed by atoms with Crippen LogP contribution in [0.4, 0.5) is 11.4 Å². The number of amides is 2. The Bertz CT molecular complexity index is 1100. The number of esters is 1. The van der Waals surface area contributed by atoms with E-state index in [2.05, 4.69) is 15.5 Å². The van der Waals surface area contributed by atoms with Gasteiger partial charge in [-0.2, -0.15) is 0 Å². The summed E-state index contributed by atoms with van der Waals surface area (Å²) in [6, 6.07) is 12.8. The highest BCUT2D eigenvalue weighted by Crippen LogP contribution is 2.56. The van der Waals surface area contributed by atoms with Crippen molar-refractivity contribution in [1.82, 2.24) is 4.90 Å². The van der Waals surface area contributed by atoms with Gasteiger partial charge in [0.15, 0.2) is 0 Å². The van der Waals surface area contributed by atoms with E-state index in [1.54, 1.807) is 31.2 Å². The second kappa shape index (κ2) is 7.74. The lowest BCUT2D eigenvalue weighted by atomic mass is 9.78. The van der Waals surface area contributed by atoms with Crippen LogP contribution in [0.3, 0.4) is 0 Å². The second-order valence-electron chi connectivity index (χ2n) is 8.78. The van der Waals surface area contributed by atoms with Gasteiger partial charge < -0.3 is 15.4 Å². The van der Waals surface area contributed by atoms with Gasteiger partial charge in [0.05, 0.1) is 18.1 Å². The van der Waals surface area contributed by atoms with Gasteiger partial charge in [0.25, 0.3) is 0 Å². The van der Waals surface area contributed by atoms with E-state index in [0.717, 1.165) is 36.2 Å². The number of hydrogen-bond donors (Lipinski definition) is 2. The summed E-state index contributed by atoms with van der Waals surface area (Å²) in [4.78, 5) is 41.2. The van der Waals surface area contributed by atoms with Gasteiger partial charge in [0.2, 0.25) is 11.8 Å². The number of carbonyl (C=O) groups excluding carboxylic acids is 3. The van der Waals surface area contributed by atoms with Crippen molar-refractivity contribution in [2.45, 2.75) is 44.7 Å². The molecule has 3 heterocycles. The smallest absolute Gasteiger partial charge is 0.338 e. The molecule has 7 nitrogen and oxygen atoms in total. The van der Waals surface area contributed by atoms with Crippen LogP contribution in [0.5, 0.6) is 0 Å². The SMILES string of the molecule is CCOC(=O)c1ccc(NC(=O)[C@@H]2C[C@@H]3CCCN3[C@@]23C(=O)Nc2c(C)cccc23)cc1. The van der Waals surface area contributed by atoms with Crippen LogP contribution in [0.2, 0.25) is 0 Å². The molecule has 0 unspecified atom stereocenters. The van der Waals surface area contributed by atoms with E-state index in [-0.39, 0.29) is 17.9 Å². The van der Waals surface area contributed by atoms with Crippen molar-refractivity contribution in [1.29, 1.82) is 0 Å². The van der Waals surface area contributed by atoms with Crippen LogP contribution in [0.1, 0.15) is 47.7 Å². The lowest BCUT2D eigenvalue weighted by Gasteiger charge is -2.36. The van der Waals surface area contributed by atoms with E-state index in [1.165, 1.54) is 0 Å². The number of para-hydroxylation sites is 1. The Labute approximate surface area is 187 Å². The highest BCUT2D eigenvalue weighted by molar-refractivity contribution is 6.11. The first-order valence-electron chi connectivity index (χ1n) is 11.2. The second-order valence-corrected chi connectivity index (χ2v) is 8.78. The standard InChI is InChI=1S/C25H27N3O4/c1-3-32-23(30)16-9-11-17(12-10-16)26-22(29)20-14-18-7-5-13-28(18)25(20)19-8-4-6-15(2)21(19)27-24(25)31/h4,6,8-12,18,20H,3,5,7,13-14H2,1-2H3,(H,26,29)(H,27,31)/t18-,20-,25+/m0/s1. The Morgan fingerprint density at radius 1 is 1.22 bits per heavy atom. The molecule has 0 aromatic heterocycles. The molecule has 32 heavy (non-hydrogen) atoms. The molecule has 3 aliphatic rings. The Kier molecular flexibility index (Phi) is 5.01. The molecule has 2 N–H and O–H groups in total. The molecule has 0 bridgehead atoms. The molecular weight excluding hydrogens is 406 g/mol. The number of hydrogen-bond acceptors (Lipinski definition) is 5. The molecule has 3 aliphatic heterocycles. The van der Waals surface area contributed by atoms with Crippen molar-refractivity contribution in [2.75, 3.05) is 23.8 Å². The van der Waals surface area contributed by atoms with Crippen LogP contribution < -0.4 is 10.6 Å². The predicted octanol–water partition coefficient (Wildman–Crippen LogP) is 3.44. The molecule has 0 radical (unpaired) electrons. The molecule has 7 heteroatoms. The van der Waals surface area contributed by atoms with Crippen LogP contribution in [0.25, 0.3) is 0 Å². The summed E-state index contributed by atoms with van der Waals surface area (Å²) >= 11 is 0. The first-order valence-corrected chi connectivity index (χ1v) is 11.2. The maximum absolute atomic E-state index is 13.6. The topological polar surface area (TPSA) is 87.7 Å². The number of ether oxygens (including phenoxy) is 1. The summed E-state index contributed by atoms with van der Waals surface area (Å²) in [7, 11) is 0. The molecule has 2 fully saturated rings. The van der Waals surface area contributed by atoms with Crippen molar-refractivity contribution >= 4 is 29.2 Å². The first-order chi connectivity index (χ1) is 15.5. The Morgan fingerprint density at radius 3 is 2.75 bits per heavy atom. The fourth-order valence-corrected chi connectivity index (χ4v) is 5.73.